The fourth-order valence-corrected chi connectivity index (χ4v) is 3.06. The Kier molecular flexibility index (Phi) is 6.16. The highest BCUT2D eigenvalue weighted by atomic mass is 35.5. The Bertz CT molecular complexity index is 671. The van der Waals surface area contributed by atoms with E-state index in [1.54, 1.807) is 36.4 Å². The third-order valence-electron chi connectivity index (χ3n) is 2.52. The van der Waals surface area contributed by atoms with Crippen molar-refractivity contribution >= 4 is 27.3 Å². The van der Waals surface area contributed by atoms with Crippen LogP contribution in [0.25, 0.3) is 0 Å². The number of halogens is 1. The third-order valence-corrected chi connectivity index (χ3v) is 4.23. The van der Waals surface area contributed by atoms with Gasteiger partial charge >= 0.3 is 0 Å². The summed E-state index contributed by atoms with van der Waals surface area (Å²) < 4.78 is 23.9. The van der Waals surface area contributed by atoms with Gasteiger partial charge in [0.25, 0.3) is 0 Å². The fourth-order valence-electron chi connectivity index (χ4n) is 1.57. The summed E-state index contributed by atoms with van der Waals surface area (Å²) in [5, 5.41) is 17.6. The highest BCUT2D eigenvalue weighted by Gasteiger charge is 2.22. The summed E-state index contributed by atoms with van der Waals surface area (Å²) >= 11 is 5.71. The zero-order valence-electron chi connectivity index (χ0n) is 11.0. The van der Waals surface area contributed by atoms with E-state index in [2.05, 4.69) is 0 Å². The average Bonchev–Trinajstić information content (AvgIpc) is 2.40. The molecule has 0 aliphatic heterocycles. The minimum Gasteiger partial charge on any atom is -0.315 e. The minimum atomic E-state index is -3.68. The minimum absolute atomic E-state index is 0.303. The first-order valence-corrected chi connectivity index (χ1v) is 8.04. The number of nitriles is 2. The highest BCUT2D eigenvalue weighted by Crippen LogP contribution is 2.12. The molecule has 1 rings (SSSR count). The maximum absolute atomic E-state index is 12.0. The third kappa shape index (κ3) is 5.82. The number of carbonyl (C=O) groups is 1. The van der Waals surface area contributed by atoms with Crippen molar-refractivity contribution in [3.8, 4) is 12.1 Å². The zero-order chi connectivity index (χ0) is 15.9. The Hall–Kier alpha value is -2.09. The lowest BCUT2D eigenvalue weighted by molar-refractivity contribution is -0.127. The van der Waals surface area contributed by atoms with Crippen molar-refractivity contribution in [1.82, 2.24) is 4.90 Å². The monoisotopic (exact) mass is 325 g/mol. The van der Waals surface area contributed by atoms with E-state index in [1.807, 2.05) is 0 Å². The van der Waals surface area contributed by atoms with Crippen LogP contribution in [0.3, 0.4) is 0 Å². The summed E-state index contributed by atoms with van der Waals surface area (Å²) in [6.45, 7) is -0.633. The lowest BCUT2D eigenvalue weighted by Gasteiger charge is -2.15. The molecule has 0 bridgehead atoms. The van der Waals surface area contributed by atoms with Crippen LogP contribution in [0.15, 0.2) is 24.3 Å². The van der Waals surface area contributed by atoms with Gasteiger partial charge in [-0.15, -0.1) is 0 Å². The van der Waals surface area contributed by atoms with E-state index >= 15 is 0 Å². The van der Waals surface area contributed by atoms with E-state index in [4.69, 9.17) is 22.1 Å². The lowest BCUT2D eigenvalue weighted by atomic mass is 10.2. The van der Waals surface area contributed by atoms with Gasteiger partial charge in [-0.1, -0.05) is 23.7 Å². The van der Waals surface area contributed by atoms with Crippen LogP contribution < -0.4 is 0 Å². The second kappa shape index (κ2) is 7.63. The molecule has 8 heteroatoms. The van der Waals surface area contributed by atoms with Crippen LogP contribution in [0.2, 0.25) is 5.02 Å². The molecule has 6 nitrogen and oxygen atoms in total. The second-order valence-corrected chi connectivity index (χ2v) is 6.73. The summed E-state index contributed by atoms with van der Waals surface area (Å²) in [4.78, 5) is 12.7. The number of hydrogen-bond acceptors (Lipinski definition) is 5. The lowest BCUT2D eigenvalue weighted by Crippen LogP contribution is -2.36. The predicted molar refractivity (Wildman–Crippen MR) is 76.7 cm³/mol. The van der Waals surface area contributed by atoms with Crippen LogP contribution in [0.1, 0.15) is 5.56 Å². The number of nitrogens with zero attached hydrogens (tertiary/aromatic N) is 3. The summed E-state index contributed by atoms with van der Waals surface area (Å²) in [6, 6.07) is 9.69. The number of amides is 1. The SMILES string of the molecule is N#CCN(CC#N)C(=O)CS(=O)(=O)Cc1ccc(Cl)cc1. The Morgan fingerprint density at radius 2 is 1.67 bits per heavy atom. The molecule has 0 aliphatic carbocycles. The molecule has 0 N–H and O–H groups in total. The van der Waals surface area contributed by atoms with Crippen LogP contribution in [0, 0.1) is 22.7 Å². The molecule has 110 valence electrons. The molecule has 0 saturated heterocycles. The first kappa shape index (κ1) is 17.0. The van der Waals surface area contributed by atoms with Crippen molar-refractivity contribution < 1.29 is 13.2 Å². The molecule has 0 saturated carbocycles. The molecule has 1 aromatic rings. The molecule has 0 heterocycles. The summed E-state index contributed by atoms with van der Waals surface area (Å²) in [6.07, 6.45) is 0. The maximum Gasteiger partial charge on any atom is 0.239 e. The van der Waals surface area contributed by atoms with Crippen molar-refractivity contribution in [3.05, 3.63) is 34.9 Å². The van der Waals surface area contributed by atoms with Crippen molar-refractivity contribution in [2.75, 3.05) is 18.8 Å². The van der Waals surface area contributed by atoms with Crippen LogP contribution in [0.4, 0.5) is 0 Å². The highest BCUT2D eigenvalue weighted by molar-refractivity contribution is 7.91. The second-order valence-electron chi connectivity index (χ2n) is 4.22. The number of hydrogen-bond donors (Lipinski definition) is 0. The molecular weight excluding hydrogens is 314 g/mol. The van der Waals surface area contributed by atoms with Crippen LogP contribution >= 0.6 is 11.6 Å². The van der Waals surface area contributed by atoms with Crippen molar-refractivity contribution in [3.63, 3.8) is 0 Å². The molecule has 0 unspecified atom stereocenters. The quantitative estimate of drug-likeness (QED) is 0.729. The van der Waals surface area contributed by atoms with Gasteiger partial charge in [-0.05, 0) is 17.7 Å². The predicted octanol–water partition coefficient (Wildman–Crippen LogP) is 1.13. The fraction of sp³-hybridized carbons (Fsp3) is 0.308. The van der Waals surface area contributed by atoms with E-state index in [-0.39, 0.29) is 18.8 Å². The molecule has 0 aliphatic rings. The number of sulfone groups is 1. The average molecular weight is 326 g/mol. The Morgan fingerprint density at radius 3 is 2.14 bits per heavy atom. The first-order chi connectivity index (χ1) is 9.88. The first-order valence-electron chi connectivity index (χ1n) is 5.84. The van der Waals surface area contributed by atoms with Gasteiger partial charge in [-0.3, -0.25) is 4.79 Å². The van der Waals surface area contributed by atoms with Gasteiger partial charge in [-0.25, -0.2) is 8.42 Å². The Balaban J connectivity index is 2.75. The smallest absolute Gasteiger partial charge is 0.239 e. The van der Waals surface area contributed by atoms with E-state index in [1.165, 1.54) is 0 Å². The van der Waals surface area contributed by atoms with Crippen LogP contribution in [0.5, 0.6) is 0 Å². The van der Waals surface area contributed by atoms with E-state index in [9.17, 15) is 13.2 Å². The maximum atomic E-state index is 12.0. The van der Waals surface area contributed by atoms with Gasteiger partial charge in [0, 0.05) is 5.02 Å². The Labute approximate surface area is 128 Å². The van der Waals surface area contributed by atoms with E-state index < -0.39 is 21.5 Å². The Morgan fingerprint density at radius 1 is 1.14 bits per heavy atom. The molecule has 0 radical (unpaired) electrons. The molecule has 0 spiro atoms. The molecule has 0 atom stereocenters. The summed E-state index contributed by atoms with van der Waals surface area (Å²) in [5.74, 6) is -1.80. The summed E-state index contributed by atoms with van der Waals surface area (Å²) in [5.41, 5.74) is 0.513. The zero-order valence-corrected chi connectivity index (χ0v) is 12.6. The van der Waals surface area contributed by atoms with Crippen molar-refractivity contribution in [2.24, 2.45) is 0 Å². The largest absolute Gasteiger partial charge is 0.315 e. The van der Waals surface area contributed by atoms with Crippen molar-refractivity contribution in [1.29, 1.82) is 10.5 Å². The number of benzene rings is 1. The van der Waals surface area contributed by atoms with E-state index in [0.29, 0.717) is 10.6 Å². The van der Waals surface area contributed by atoms with Crippen LogP contribution in [-0.2, 0) is 20.4 Å². The van der Waals surface area contributed by atoms with Gasteiger partial charge in [0.15, 0.2) is 9.84 Å². The molecule has 1 aromatic carbocycles. The summed E-state index contributed by atoms with van der Waals surface area (Å²) in [7, 11) is -3.68. The molecular formula is C13H12ClN3O3S. The van der Waals surface area contributed by atoms with Gasteiger partial charge in [0.05, 0.1) is 17.9 Å². The molecule has 0 aromatic heterocycles. The normalized spacial score (nSPS) is 10.4. The molecule has 0 fully saturated rings. The topological polar surface area (TPSA) is 102 Å². The number of carbonyl (C=O) groups excluding carboxylic acids is 1. The van der Waals surface area contributed by atoms with Gasteiger partial charge in [0.2, 0.25) is 5.91 Å². The van der Waals surface area contributed by atoms with E-state index in [0.717, 1.165) is 4.90 Å². The van der Waals surface area contributed by atoms with Crippen molar-refractivity contribution in [2.45, 2.75) is 5.75 Å². The van der Waals surface area contributed by atoms with Crippen LogP contribution in [-0.4, -0.2) is 38.1 Å². The molecule has 1 amide bonds. The van der Waals surface area contributed by atoms with Gasteiger partial charge < -0.3 is 4.90 Å². The van der Waals surface area contributed by atoms with Gasteiger partial charge in [-0.2, -0.15) is 10.5 Å². The molecule has 21 heavy (non-hydrogen) atoms. The number of rotatable bonds is 6. The van der Waals surface area contributed by atoms with Gasteiger partial charge in [0.1, 0.15) is 18.8 Å². The standard InChI is InChI=1S/C13H12ClN3O3S/c14-12-3-1-11(2-4-12)9-21(19,20)10-13(18)17(7-5-15)8-6-16/h1-4H,7-10H2.